The first-order valence-electron chi connectivity index (χ1n) is 8.76. The maximum atomic E-state index is 12.0. The summed E-state index contributed by atoms with van der Waals surface area (Å²) in [6.07, 6.45) is 3.30. The standard InChI is InChI=1S/C18H21N5O3S/c19-14-9-13(18(27-26)7-8-18)21-15(22-14)11-1-3-12(4-2-11)20-16(25)23-17(10-24)5-6-17/h1-4,9,24,26H,5-8,10H2,(H2,19,21,22)(H2,20,23,25). The Morgan fingerprint density at radius 1 is 1.19 bits per heavy atom. The van der Waals surface area contributed by atoms with E-state index in [1.807, 2.05) is 0 Å². The number of benzene rings is 1. The minimum atomic E-state index is -0.459. The summed E-state index contributed by atoms with van der Waals surface area (Å²) < 4.78 is 9.17. The first-order valence-corrected chi connectivity index (χ1v) is 9.53. The van der Waals surface area contributed by atoms with E-state index in [-0.39, 0.29) is 17.4 Å². The topological polar surface area (TPSA) is 133 Å². The number of aliphatic hydroxyl groups is 1. The number of hydrogen-bond acceptors (Lipinski definition) is 7. The number of amides is 2. The largest absolute Gasteiger partial charge is 0.394 e. The molecule has 2 aromatic rings. The average Bonchev–Trinajstić information content (AvgIpc) is 3.58. The Balaban J connectivity index is 1.48. The van der Waals surface area contributed by atoms with E-state index in [0.29, 0.717) is 17.3 Å². The summed E-state index contributed by atoms with van der Waals surface area (Å²) >= 11 is 0.806. The normalized spacial score (nSPS) is 18.6. The lowest BCUT2D eigenvalue weighted by molar-refractivity contribution is 0.217. The first kappa shape index (κ1) is 18.0. The van der Waals surface area contributed by atoms with Crippen molar-refractivity contribution in [1.82, 2.24) is 15.3 Å². The van der Waals surface area contributed by atoms with Crippen LogP contribution in [-0.4, -0.2) is 37.8 Å². The number of carbonyl (C=O) groups is 1. The number of aliphatic hydroxyl groups excluding tert-OH is 1. The molecule has 2 amide bonds. The Kier molecular flexibility index (Phi) is 4.45. The van der Waals surface area contributed by atoms with Crippen molar-refractivity contribution in [2.24, 2.45) is 0 Å². The monoisotopic (exact) mass is 387 g/mol. The fourth-order valence-electron chi connectivity index (χ4n) is 2.92. The molecule has 1 aromatic carbocycles. The number of anilines is 2. The summed E-state index contributed by atoms with van der Waals surface area (Å²) in [7, 11) is 0. The van der Waals surface area contributed by atoms with Crippen molar-refractivity contribution in [1.29, 1.82) is 0 Å². The van der Waals surface area contributed by atoms with E-state index in [1.54, 1.807) is 30.3 Å². The van der Waals surface area contributed by atoms with Gasteiger partial charge in [0, 0.05) is 29.4 Å². The minimum Gasteiger partial charge on any atom is -0.394 e. The number of nitrogens with zero attached hydrogens (tertiary/aromatic N) is 2. The van der Waals surface area contributed by atoms with Gasteiger partial charge in [0.2, 0.25) is 0 Å². The molecule has 2 aliphatic carbocycles. The van der Waals surface area contributed by atoms with Crippen molar-refractivity contribution in [3.8, 4) is 11.4 Å². The molecule has 9 heteroatoms. The summed E-state index contributed by atoms with van der Waals surface area (Å²) in [4.78, 5) is 20.9. The fourth-order valence-corrected chi connectivity index (χ4v) is 3.40. The molecule has 0 saturated heterocycles. The van der Waals surface area contributed by atoms with Crippen molar-refractivity contribution in [3.63, 3.8) is 0 Å². The van der Waals surface area contributed by atoms with Crippen molar-refractivity contribution in [3.05, 3.63) is 36.0 Å². The van der Waals surface area contributed by atoms with E-state index in [4.69, 9.17) is 5.73 Å². The third kappa shape index (κ3) is 3.71. The van der Waals surface area contributed by atoms with E-state index in [0.717, 1.165) is 49.0 Å². The lowest BCUT2D eigenvalue weighted by Gasteiger charge is -2.15. The van der Waals surface area contributed by atoms with E-state index >= 15 is 0 Å². The van der Waals surface area contributed by atoms with Crippen LogP contribution in [0.2, 0.25) is 0 Å². The second kappa shape index (κ2) is 6.66. The van der Waals surface area contributed by atoms with Crippen LogP contribution in [0.15, 0.2) is 30.3 Å². The number of nitrogen functional groups attached to an aromatic ring is 1. The van der Waals surface area contributed by atoms with Crippen LogP contribution in [0.25, 0.3) is 11.4 Å². The molecule has 0 aliphatic heterocycles. The van der Waals surface area contributed by atoms with Gasteiger partial charge in [-0.2, -0.15) is 0 Å². The number of carbonyl (C=O) groups excluding carboxylic acids is 1. The van der Waals surface area contributed by atoms with Crippen molar-refractivity contribution >= 4 is 29.6 Å². The summed E-state index contributed by atoms with van der Waals surface area (Å²) in [5.41, 5.74) is 7.59. The number of nitrogens with two attached hydrogens (primary N) is 1. The molecule has 1 heterocycles. The fraction of sp³-hybridized carbons (Fsp3) is 0.389. The second-order valence-electron chi connectivity index (χ2n) is 7.18. The van der Waals surface area contributed by atoms with Crippen LogP contribution in [-0.2, 0) is 4.75 Å². The Bertz CT molecular complexity index is 866. The van der Waals surface area contributed by atoms with Gasteiger partial charge in [0.25, 0.3) is 0 Å². The summed E-state index contributed by atoms with van der Waals surface area (Å²) in [6.45, 7) is -0.0535. The number of hydrogen-bond donors (Lipinski definition) is 5. The molecule has 0 spiro atoms. The molecule has 6 N–H and O–H groups in total. The van der Waals surface area contributed by atoms with Gasteiger partial charge in [0.1, 0.15) is 5.82 Å². The second-order valence-corrected chi connectivity index (χ2v) is 8.15. The van der Waals surface area contributed by atoms with Crippen LogP contribution in [0.1, 0.15) is 31.4 Å². The highest BCUT2D eigenvalue weighted by molar-refractivity contribution is 7.95. The average molecular weight is 387 g/mol. The van der Waals surface area contributed by atoms with Crippen molar-refractivity contribution in [2.75, 3.05) is 17.7 Å². The predicted octanol–water partition coefficient (Wildman–Crippen LogP) is 2.57. The molecular formula is C18H21N5O3S. The number of rotatable bonds is 6. The van der Waals surface area contributed by atoms with Crippen LogP contribution in [0.3, 0.4) is 0 Å². The zero-order valence-corrected chi connectivity index (χ0v) is 15.4. The van der Waals surface area contributed by atoms with E-state index in [1.165, 1.54) is 0 Å². The van der Waals surface area contributed by atoms with Gasteiger partial charge in [-0.3, -0.25) is 0 Å². The van der Waals surface area contributed by atoms with Crippen LogP contribution >= 0.6 is 12.0 Å². The highest BCUT2D eigenvalue weighted by Gasteiger charge is 2.47. The van der Waals surface area contributed by atoms with Crippen LogP contribution < -0.4 is 16.4 Å². The molecule has 4 rings (SSSR count). The molecule has 8 nitrogen and oxygen atoms in total. The third-order valence-electron chi connectivity index (χ3n) is 5.03. The molecular weight excluding hydrogens is 366 g/mol. The smallest absolute Gasteiger partial charge is 0.319 e. The van der Waals surface area contributed by atoms with Crippen molar-refractivity contribution in [2.45, 2.75) is 36.0 Å². The Morgan fingerprint density at radius 3 is 2.44 bits per heavy atom. The number of aromatic nitrogens is 2. The zero-order valence-electron chi connectivity index (χ0n) is 14.6. The van der Waals surface area contributed by atoms with Crippen LogP contribution in [0.4, 0.5) is 16.3 Å². The molecule has 142 valence electrons. The Morgan fingerprint density at radius 2 is 1.89 bits per heavy atom. The highest BCUT2D eigenvalue weighted by atomic mass is 32.2. The Labute approximate surface area is 160 Å². The lowest BCUT2D eigenvalue weighted by atomic mass is 10.1. The quantitative estimate of drug-likeness (QED) is 0.481. The molecule has 0 radical (unpaired) electrons. The highest BCUT2D eigenvalue weighted by Crippen LogP contribution is 2.55. The third-order valence-corrected chi connectivity index (χ3v) is 5.99. The van der Waals surface area contributed by atoms with Crippen LogP contribution in [0, 0.1) is 0 Å². The van der Waals surface area contributed by atoms with Gasteiger partial charge in [0.15, 0.2) is 5.82 Å². The minimum absolute atomic E-state index is 0.0535. The SMILES string of the molecule is Nc1cc(C2(SO)CC2)nc(-c2ccc(NC(=O)NC3(CO)CC3)cc2)n1. The number of nitrogens with one attached hydrogen (secondary N) is 2. The molecule has 2 fully saturated rings. The molecule has 2 saturated carbocycles. The van der Waals surface area contributed by atoms with Gasteiger partial charge in [-0.1, -0.05) is 0 Å². The van der Waals surface area contributed by atoms with Gasteiger partial charge in [-0.05, 0) is 49.9 Å². The predicted molar refractivity (Wildman–Crippen MR) is 104 cm³/mol. The van der Waals surface area contributed by atoms with E-state index in [2.05, 4.69) is 20.6 Å². The molecule has 1 aromatic heterocycles. The zero-order chi connectivity index (χ0) is 19.1. The molecule has 27 heavy (non-hydrogen) atoms. The molecule has 2 aliphatic rings. The molecule has 0 atom stereocenters. The Hall–Kier alpha value is -2.36. The molecule has 0 unspecified atom stereocenters. The first-order chi connectivity index (χ1) is 13.0. The lowest BCUT2D eigenvalue weighted by Crippen LogP contribution is -2.42. The van der Waals surface area contributed by atoms with Gasteiger partial charge in [0.05, 0.1) is 22.6 Å². The van der Waals surface area contributed by atoms with E-state index < -0.39 is 5.54 Å². The number of urea groups is 1. The van der Waals surface area contributed by atoms with Gasteiger partial charge >= 0.3 is 6.03 Å². The summed E-state index contributed by atoms with van der Waals surface area (Å²) in [6, 6.07) is 8.49. The van der Waals surface area contributed by atoms with Crippen LogP contribution in [0.5, 0.6) is 0 Å². The van der Waals surface area contributed by atoms with E-state index in [9.17, 15) is 14.5 Å². The summed E-state index contributed by atoms with van der Waals surface area (Å²) in [5.74, 6) is 0.842. The van der Waals surface area contributed by atoms with Gasteiger partial charge in [-0.15, -0.1) is 0 Å². The van der Waals surface area contributed by atoms with Gasteiger partial charge in [-0.25, -0.2) is 14.8 Å². The molecule has 0 bridgehead atoms. The maximum absolute atomic E-state index is 12.0. The maximum Gasteiger partial charge on any atom is 0.319 e. The summed E-state index contributed by atoms with van der Waals surface area (Å²) in [5, 5.41) is 14.8. The van der Waals surface area contributed by atoms with Gasteiger partial charge < -0.3 is 26.0 Å². The van der Waals surface area contributed by atoms with Crippen molar-refractivity contribution < 1.29 is 14.5 Å².